The van der Waals surface area contributed by atoms with Crippen LogP contribution in [0.2, 0.25) is 0 Å². The van der Waals surface area contributed by atoms with E-state index in [2.05, 4.69) is 30.7 Å². The summed E-state index contributed by atoms with van der Waals surface area (Å²) >= 11 is 0. The Morgan fingerprint density at radius 2 is 2.07 bits per heavy atom. The molecule has 16 nitrogen and oxygen atoms in total. The number of carbonyl (C=O) groups excluding carboxylic acids is 3. The van der Waals surface area contributed by atoms with Crippen LogP contribution in [-0.2, 0) is 37.2 Å². The molecule has 5 N–H and O–H groups in total. The molecule has 2 fully saturated rings. The molecule has 29 heavy (non-hydrogen) atoms. The summed E-state index contributed by atoms with van der Waals surface area (Å²) in [7, 11) is -4.88. The van der Waals surface area contributed by atoms with E-state index in [1.807, 2.05) is 0 Å². The van der Waals surface area contributed by atoms with E-state index in [1.165, 1.54) is 4.68 Å². The molecule has 2 bridgehead atoms. The average Bonchev–Trinajstić information content (AvgIpc) is 3.17. The summed E-state index contributed by atoms with van der Waals surface area (Å²) in [6.07, 6.45) is 0.836. The molecule has 0 aliphatic carbocycles. The number of hydrazine groups is 1. The minimum Gasteiger partial charge on any atom is -0.330 e. The largest absolute Gasteiger partial charge is 0.418 e. The smallest absolute Gasteiger partial charge is 0.330 e. The van der Waals surface area contributed by atoms with Crippen molar-refractivity contribution in [2.75, 3.05) is 13.1 Å². The van der Waals surface area contributed by atoms with Gasteiger partial charge in [0.2, 0.25) is 0 Å². The van der Waals surface area contributed by atoms with Crippen molar-refractivity contribution in [1.82, 2.24) is 41.0 Å². The Bertz CT molecular complexity index is 903. The highest BCUT2D eigenvalue weighted by Crippen LogP contribution is 2.30. The van der Waals surface area contributed by atoms with Crippen molar-refractivity contribution >= 4 is 28.2 Å². The van der Waals surface area contributed by atoms with Gasteiger partial charge in [0, 0.05) is 13.0 Å². The molecule has 1 aromatic heterocycles. The third-order valence-electron chi connectivity index (χ3n) is 4.39. The van der Waals surface area contributed by atoms with Crippen LogP contribution in [0.5, 0.6) is 0 Å². The Labute approximate surface area is 164 Å². The SMILES string of the molecule is NCCc1nnnn1CC(=O)NNC(=O)[C@@H]1CC[C@@H]2CN1C(=O)N2OS(=O)(=O)O. The van der Waals surface area contributed by atoms with Crippen LogP contribution >= 0.6 is 0 Å². The fraction of sp³-hybridized carbons (Fsp3) is 0.667. The molecule has 0 aromatic carbocycles. The van der Waals surface area contributed by atoms with E-state index < -0.39 is 40.3 Å². The van der Waals surface area contributed by atoms with E-state index in [0.717, 1.165) is 4.90 Å². The first-order valence-corrected chi connectivity index (χ1v) is 9.86. The number of fused-ring (bicyclic) bond motifs is 2. The lowest BCUT2D eigenvalue weighted by molar-refractivity contribution is -0.132. The number of piperidine rings is 1. The van der Waals surface area contributed by atoms with E-state index >= 15 is 0 Å². The highest BCUT2D eigenvalue weighted by atomic mass is 32.3. The Morgan fingerprint density at radius 1 is 1.31 bits per heavy atom. The number of nitrogens with two attached hydrogens (primary N) is 1. The molecular weight excluding hydrogens is 414 g/mol. The molecule has 0 saturated carbocycles. The molecule has 2 saturated heterocycles. The fourth-order valence-corrected chi connectivity index (χ4v) is 3.54. The monoisotopic (exact) mass is 433 g/mol. The van der Waals surface area contributed by atoms with E-state index in [4.69, 9.17) is 10.3 Å². The van der Waals surface area contributed by atoms with Gasteiger partial charge in [-0.1, -0.05) is 0 Å². The van der Waals surface area contributed by atoms with E-state index in [9.17, 15) is 22.8 Å². The molecule has 4 amide bonds. The van der Waals surface area contributed by atoms with Gasteiger partial charge in [0.15, 0.2) is 5.82 Å². The summed E-state index contributed by atoms with van der Waals surface area (Å²) in [5.41, 5.74) is 9.85. The van der Waals surface area contributed by atoms with Gasteiger partial charge in [0.1, 0.15) is 12.6 Å². The van der Waals surface area contributed by atoms with Gasteiger partial charge in [-0.15, -0.1) is 9.38 Å². The number of tetrazole rings is 1. The third kappa shape index (κ3) is 4.75. The second-order valence-corrected chi connectivity index (χ2v) is 7.34. The molecule has 2 atom stereocenters. The number of hydrogen-bond acceptors (Lipinski definition) is 10. The van der Waals surface area contributed by atoms with Gasteiger partial charge in [-0.2, -0.15) is 13.5 Å². The number of urea groups is 1. The van der Waals surface area contributed by atoms with Gasteiger partial charge in [0.05, 0.1) is 6.04 Å². The molecule has 2 aliphatic heterocycles. The van der Waals surface area contributed by atoms with Crippen LogP contribution in [0.4, 0.5) is 4.79 Å². The van der Waals surface area contributed by atoms with Crippen LogP contribution in [0, 0.1) is 0 Å². The molecule has 0 radical (unpaired) electrons. The van der Waals surface area contributed by atoms with Crippen LogP contribution in [0.25, 0.3) is 0 Å². The maximum absolute atomic E-state index is 12.4. The summed E-state index contributed by atoms with van der Waals surface area (Å²) < 4.78 is 36.1. The van der Waals surface area contributed by atoms with Crippen molar-refractivity contribution in [3.63, 3.8) is 0 Å². The highest BCUT2D eigenvalue weighted by Gasteiger charge is 2.49. The van der Waals surface area contributed by atoms with E-state index in [1.54, 1.807) is 0 Å². The van der Waals surface area contributed by atoms with Gasteiger partial charge in [0.25, 0.3) is 11.8 Å². The minimum atomic E-state index is -4.88. The molecule has 3 heterocycles. The van der Waals surface area contributed by atoms with Crippen LogP contribution in [0.15, 0.2) is 0 Å². The topological polar surface area (TPSA) is 215 Å². The van der Waals surface area contributed by atoms with E-state index in [-0.39, 0.29) is 25.9 Å². The first-order chi connectivity index (χ1) is 13.7. The van der Waals surface area contributed by atoms with Crippen molar-refractivity contribution in [3.05, 3.63) is 5.82 Å². The highest BCUT2D eigenvalue weighted by molar-refractivity contribution is 7.80. The zero-order valence-corrected chi connectivity index (χ0v) is 15.8. The quantitative estimate of drug-likeness (QED) is 0.242. The Kier molecular flexibility index (Phi) is 5.91. The van der Waals surface area contributed by atoms with E-state index in [0.29, 0.717) is 23.9 Å². The van der Waals surface area contributed by atoms with Crippen molar-refractivity contribution in [2.45, 2.75) is 37.9 Å². The first-order valence-electron chi connectivity index (χ1n) is 8.50. The van der Waals surface area contributed by atoms with Crippen molar-refractivity contribution in [1.29, 1.82) is 0 Å². The lowest BCUT2D eigenvalue weighted by Crippen LogP contribution is -2.54. The predicted molar refractivity (Wildman–Crippen MR) is 90.2 cm³/mol. The normalized spacial score (nSPS) is 21.4. The maximum Gasteiger partial charge on any atom is 0.418 e. The molecular formula is C12H19N9O7S. The molecule has 1 aromatic rings. The molecule has 2 aliphatic rings. The van der Waals surface area contributed by atoms with Crippen LogP contribution < -0.4 is 16.6 Å². The zero-order chi connectivity index (χ0) is 21.2. The summed E-state index contributed by atoms with van der Waals surface area (Å²) in [6, 6.07) is -2.45. The molecule has 160 valence electrons. The molecule has 17 heteroatoms. The fourth-order valence-electron chi connectivity index (χ4n) is 3.15. The predicted octanol–water partition coefficient (Wildman–Crippen LogP) is -3.68. The minimum absolute atomic E-state index is 0.0352. The third-order valence-corrected chi connectivity index (χ3v) is 4.74. The Morgan fingerprint density at radius 3 is 2.76 bits per heavy atom. The number of rotatable bonds is 7. The van der Waals surface area contributed by atoms with Crippen LogP contribution in [-0.4, -0.2) is 86.2 Å². The molecule has 0 spiro atoms. The van der Waals surface area contributed by atoms with Crippen LogP contribution in [0.3, 0.4) is 0 Å². The van der Waals surface area contributed by atoms with Crippen molar-refractivity contribution in [2.24, 2.45) is 5.73 Å². The standard InChI is InChI=1S/C12H19N9O7S/c13-4-3-9-14-17-18-20(9)6-10(22)15-16-11(23)8-2-1-7-5-19(8)12(24)21(7)28-29(25,26)27/h7-8H,1-6,13H2,(H,15,22)(H,16,23)(H,25,26,27)/t7-,8+/m1/s1. The first kappa shape index (κ1) is 20.8. The van der Waals surface area contributed by atoms with Crippen molar-refractivity contribution < 1.29 is 31.6 Å². The average molecular weight is 433 g/mol. The molecule has 3 rings (SSSR count). The van der Waals surface area contributed by atoms with Gasteiger partial charge < -0.3 is 10.6 Å². The van der Waals surface area contributed by atoms with Crippen LogP contribution in [0.1, 0.15) is 18.7 Å². The summed E-state index contributed by atoms with van der Waals surface area (Å²) in [5.74, 6) is -0.867. The number of nitrogens with one attached hydrogen (secondary N) is 2. The second-order valence-electron chi connectivity index (χ2n) is 6.34. The maximum atomic E-state index is 12.4. The summed E-state index contributed by atoms with van der Waals surface area (Å²) in [6.45, 7) is 0.0744. The zero-order valence-electron chi connectivity index (χ0n) is 15.0. The summed E-state index contributed by atoms with van der Waals surface area (Å²) in [5, 5.41) is 11.4. The number of aromatic nitrogens is 4. The number of amides is 4. The number of nitrogens with zero attached hydrogens (tertiary/aromatic N) is 6. The lowest BCUT2D eigenvalue weighted by atomic mass is 10.0. The van der Waals surface area contributed by atoms with Gasteiger partial charge in [-0.3, -0.25) is 25.0 Å². The van der Waals surface area contributed by atoms with Crippen molar-refractivity contribution in [3.8, 4) is 0 Å². The number of hydrogen-bond donors (Lipinski definition) is 4. The lowest BCUT2D eigenvalue weighted by Gasteiger charge is -2.29. The number of carbonyl (C=O) groups is 3. The second kappa shape index (κ2) is 8.23. The number of hydroxylamine groups is 2. The van der Waals surface area contributed by atoms with Gasteiger partial charge in [-0.25, -0.2) is 9.48 Å². The van der Waals surface area contributed by atoms with Gasteiger partial charge in [-0.05, 0) is 29.8 Å². The molecule has 0 unspecified atom stereocenters. The summed E-state index contributed by atoms with van der Waals surface area (Å²) in [4.78, 5) is 37.8. The Hall–Kier alpha value is -2.89. The van der Waals surface area contributed by atoms with Gasteiger partial charge >= 0.3 is 16.4 Å². The Balaban J connectivity index is 1.54.